The molecular weight excluding hydrogens is 180 g/mol. The first-order valence-corrected chi connectivity index (χ1v) is 6.71. The van der Waals surface area contributed by atoms with Crippen molar-refractivity contribution in [1.82, 2.24) is 0 Å². The van der Waals surface area contributed by atoms with Crippen molar-refractivity contribution < 1.29 is 0 Å². The van der Waals surface area contributed by atoms with Crippen molar-refractivity contribution in [2.75, 3.05) is 0 Å². The Hall–Kier alpha value is -0.260. The molecule has 0 saturated carbocycles. The average Bonchev–Trinajstić information content (AvgIpc) is 2.14. The molecule has 0 atom stereocenters. The van der Waals surface area contributed by atoms with Crippen LogP contribution in [0.1, 0.15) is 79.1 Å². The van der Waals surface area contributed by atoms with Crippen LogP contribution in [0.25, 0.3) is 0 Å². The Morgan fingerprint density at radius 1 is 0.800 bits per heavy atom. The average molecular weight is 210 g/mol. The van der Waals surface area contributed by atoms with Crippen LogP contribution in [0.4, 0.5) is 0 Å². The third-order valence-corrected chi connectivity index (χ3v) is 2.69. The highest BCUT2D eigenvalue weighted by Crippen LogP contribution is 2.21. The summed E-state index contributed by atoms with van der Waals surface area (Å²) in [6, 6.07) is 0. The molecule has 0 rings (SSSR count). The van der Waals surface area contributed by atoms with Gasteiger partial charge in [-0.2, -0.15) is 0 Å². The molecule has 0 aliphatic carbocycles. The molecule has 90 valence electrons. The second-order valence-electron chi connectivity index (χ2n) is 5.77. The maximum atomic E-state index is 2.37. The summed E-state index contributed by atoms with van der Waals surface area (Å²) in [7, 11) is 0. The molecule has 0 bridgehead atoms. The van der Waals surface area contributed by atoms with Crippen molar-refractivity contribution in [2.45, 2.75) is 79.1 Å². The summed E-state index contributed by atoms with van der Waals surface area (Å²) in [4.78, 5) is 0. The third kappa shape index (κ3) is 13.7. The van der Waals surface area contributed by atoms with Crippen LogP contribution in [0.15, 0.2) is 12.2 Å². The fourth-order valence-corrected chi connectivity index (χ4v) is 1.67. The van der Waals surface area contributed by atoms with Crippen molar-refractivity contribution in [3.05, 3.63) is 12.2 Å². The Morgan fingerprint density at radius 2 is 1.40 bits per heavy atom. The second kappa shape index (κ2) is 9.00. The Bertz CT molecular complexity index is 148. The molecule has 0 N–H and O–H groups in total. The van der Waals surface area contributed by atoms with E-state index in [9.17, 15) is 0 Å². The predicted molar refractivity (Wildman–Crippen MR) is 71.2 cm³/mol. The van der Waals surface area contributed by atoms with Gasteiger partial charge in [-0.25, -0.2) is 0 Å². The first-order chi connectivity index (χ1) is 7.06. The molecule has 0 amide bonds. The van der Waals surface area contributed by atoms with Gasteiger partial charge in [-0.15, -0.1) is 0 Å². The zero-order valence-corrected chi connectivity index (χ0v) is 11.3. The Balaban J connectivity index is 3.18. The zero-order chi connectivity index (χ0) is 11.6. The van der Waals surface area contributed by atoms with Crippen LogP contribution >= 0.6 is 0 Å². The van der Waals surface area contributed by atoms with E-state index in [1.807, 2.05) is 0 Å². The van der Waals surface area contributed by atoms with Crippen LogP contribution in [0.5, 0.6) is 0 Å². The van der Waals surface area contributed by atoms with Gasteiger partial charge in [-0.3, -0.25) is 0 Å². The largest absolute Gasteiger partial charge is 0.0885 e. The van der Waals surface area contributed by atoms with Crippen molar-refractivity contribution >= 4 is 0 Å². The molecule has 0 unspecified atom stereocenters. The molecule has 0 radical (unpaired) electrons. The van der Waals surface area contributed by atoms with Gasteiger partial charge in [-0.1, -0.05) is 59.1 Å². The van der Waals surface area contributed by atoms with Gasteiger partial charge in [0.1, 0.15) is 0 Å². The van der Waals surface area contributed by atoms with E-state index < -0.39 is 0 Å². The highest BCUT2D eigenvalue weighted by molar-refractivity contribution is 4.81. The van der Waals surface area contributed by atoms with Crippen molar-refractivity contribution in [1.29, 1.82) is 0 Å². The van der Waals surface area contributed by atoms with Gasteiger partial charge < -0.3 is 0 Å². The minimum atomic E-state index is 0.509. The van der Waals surface area contributed by atoms with Gasteiger partial charge in [0.15, 0.2) is 0 Å². The Labute approximate surface area is 97.2 Å². The zero-order valence-electron chi connectivity index (χ0n) is 11.3. The fraction of sp³-hybridized carbons (Fsp3) is 0.867. The number of hydrogen-bond acceptors (Lipinski definition) is 0. The molecule has 15 heavy (non-hydrogen) atoms. The number of allylic oxidation sites excluding steroid dienone is 2. The molecule has 0 saturated heterocycles. The molecule has 0 heteroatoms. The van der Waals surface area contributed by atoms with E-state index in [0.717, 1.165) is 0 Å². The smallest absolute Gasteiger partial charge is 0.0351 e. The van der Waals surface area contributed by atoms with Gasteiger partial charge in [0, 0.05) is 0 Å². The summed E-state index contributed by atoms with van der Waals surface area (Å²) < 4.78 is 0. The summed E-state index contributed by atoms with van der Waals surface area (Å²) in [5.74, 6) is 0. The highest BCUT2D eigenvalue weighted by atomic mass is 14.1. The van der Waals surface area contributed by atoms with Gasteiger partial charge in [0.05, 0.1) is 0 Å². The predicted octanol–water partition coefficient (Wildman–Crippen LogP) is 5.73. The van der Waals surface area contributed by atoms with Crippen molar-refractivity contribution in [3.63, 3.8) is 0 Å². The lowest BCUT2D eigenvalue weighted by Crippen LogP contribution is -2.03. The Morgan fingerprint density at radius 3 is 1.93 bits per heavy atom. The second-order valence-corrected chi connectivity index (χ2v) is 5.77. The standard InChI is InChI=1S/C15H30/c1-5-6-7-8-9-10-11-12-13-14-15(2,3)4/h10-11H,5-9,12-14H2,1-4H3/b11-10-. The van der Waals surface area contributed by atoms with Gasteiger partial charge in [0.2, 0.25) is 0 Å². The summed E-state index contributed by atoms with van der Waals surface area (Å²) >= 11 is 0. The highest BCUT2D eigenvalue weighted by Gasteiger charge is 2.07. The molecule has 0 aromatic rings. The molecule has 0 heterocycles. The first-order valence-electron chi connectivity index (χ1n) is 6.71. The normalized spacial score (nSPS) is 12.5. The van der Waals surface area contributed by atoms with E-state index in [0.29, 0.717) is 5.41 Å². The van der Waals surface area contributed by atoms with Crippen LogP contribution in [-0.4, -0.2) is 0 Å². The molecule has 0 aromatic carbocycles. The van der Waals surface area contributed by atoms with Crippen molar-refractivity contribution in [2.24, 2.45) is 5.41 Å². The third-order valence-electron chi connectivity index (χ3n) is 2.69. The van der Waals surface area contributed by atoms with E-state index in [1.54, 1.807) is 0 Å². The van der Waals surface area contributed by atoms with E-state index in [2.05, 4.69) is 39.8 Å². The maximum absolute atomic E-state index is 2.37. The van der Waals surface area contributed by atoms with Gasteiger partial charge >= 0.3 is 0 Å². The first kappa shape index (κ1) is 14.7. The van der Waals surface area contributed by atoms with Gasteiger partial charge in [-0.05, 0) is 37.5 Å². The van der Waals surface area contributed by atoms with E-state index in [-0.39, 0.29) is 0 Å². The lowest BCUT2D eigenvalue weighted by atomic mass is 9.90. The quantitative estimate of drug-likeness (QED) is 0.354. The maximum Gasteiger partial charge on any atom is -0.0351 e. The van der Waals surface area contributed by atoms with E-state index >= 15 is 0 Å². The minimum absolute atomic E-state index is 0.509. The number of unbranched alkanes of at least 4 members (excludes halogenated alkanes) is 5. The van der Waals surface area contributed by atoms with Crippen LogP contribution < -0.4 is 0 Å². The molecule has 0 aliphatic heterocycles. The van der Waals surface area contributed by atoms with Crippen molar-refractivity contribution in [3.8, 4) is 0 Å². The topological polar surface area (TPSA) is 0 Å². The van der Waals surface area contributed by atoms with Crippen LogP contribution in [-0.2, 0) is 0 Å². The Kier molecular flexibility index (Phi) is 8.85. The van der Waals surface area contributed by atoms with Crippen LogP contribution in [0.3, 0.4) is 0 Å². The van der Waals surface area contributed by atoms with Crippen LogP contribution in [0, 0.1) is 5.41 Å². The summed E-state index contributed by atoms with van der Waals surface area (Å²) in [6.07, 6.45) is 15.5. The summed E-state index contributed by atoms with van der Waals surface area (Å²) in [5.41, 5.74) is 0.509. The monoisotopic (exact) mass is 210 g/mol. The number of hydrogen-bond donors (Lipinski definition) is 0. The van der Waals surface area contributed by atoms with E-state index in [1.165, 1.54) is 51.4 Å². The van der Waals surface area contributed by atoms with Crippen LogP contribution in [0.2, 0.25) is 0 Å². The molecule has 0 nitrogen and oxygen atoms in total. The SMILES string of the molecule is CCCCCC/C=C\CCCC(C)(C)C. The molecule has 0 aromatic heterocycles. The lowest BCUT2D eigenvalue weighted by Gasteiger charge is -2.16. The molecule has 0 spiro atoms. The molecule has 0 aliphatic rings. The fourth-order valence-electron chi connectivity index (χ4n) is 1.67. The molecular formula is C15H30. The summed E-state index contributed by atoms with van der Waals surface area (Å²) in [5, 5.41) is 0. The van der Waals surface area contributed by atoms with E-state index in [4.69, 9.17) is 0 Å². The molecule has 0 fully saturated rings. The lowest BCUT2D eigenvalue weighted by molar-refractivity contribution is 0.367. The number of rotatable bonds is 8. The minimum Gasteiger partial charge on any atom is -0.0885 e. The van der Waals surface area contributed by atoms with Gasteiger partial charge in [0.25, 0.3) is 0 Å². The summed E-state index contributed by atoms with van der Waals surface area (Å²) in [6.45, 7) is 9.23.